The van der Waals surface area contributed by atoms with Crippen LogP contribution in [0.1, 0.15) is 10.4 Å². The van der Waals surface area contributed by atoms with Crippen LogP contribution in [-0.4, -0.2) is 27.2 Å². The van der Waals surface area contributed by atoms with Crippen molar-refractivity contribution in [3.63, 3.8) is 0 Å². The highest BCUT2D eigenvalue weighted by atomic mass is 19.4. The number of carboxylic acids is 1. The zero-order chi connectivity index (χ0) is 18.0. The van der Waals surface area contributed by atoms with E-state index in [9.17, 15) is 18.0 Å². The Labute approximate surface area is 139 Å². The monoisotopic (exact) mass is 348 g/mol. The highest BCUT2D eigenvalue weighted by Crippen LogP contribution is 2.25. The summed E-state index contributed by atoms with van der Waals surface area (Å²) >= 11 is 0. The lowest BCUT2D eigenvalue weighted by Crippen LogP contribution is -2.17. The van der Waals surface area contributed by atoms with Crippen molar-refractivity contribution in [1.29, 1.82) is 0 Å². The molecule has 0 aliphatic heterocycles. The summed E-state index contributed by atoms with van der Waals surface area (Å²) in [6.07, 6.45) is -1.54. The topological polar surface area (TPSA) is 64.3 Å². The fourth-order valence-corrected chi connectivity index (χ4v) is 2.25. The van der Waals surface area contributed by atoms with Gasteiger partial charge in [0.15, 0.2) is 0 Å². The molecule has 5 nitrogen and oxygen atoms in total. The van der Waals surface area contributed by atoms with E-state index in [0.717, 1.165) is 0 Å². The Hall–Kier alpha value is -3.29. The molecule has 3 rings (SSSR count). The molecule has 0 radical (unpaired) electrons. The Morgan fingerprint density at radius 1 is 1.08 bits per heavy atom. The van der Waals surface area contributed by atoms with Gasteiger partial charge < -0.3 is 9.84 Å². The molecule has 8 heteroatoms. The second-order valence-corrected chi connectivity index (χ2v) is 5.10. The molecule has 25 heavy (non-hydrogen) atoms. The summed E-state index contributed by atoms with van der Waals surface area (Å²) in [5.74, 6) is -1.35. The van der Waals surface area contributed by atoms with Gasteiger partial charge in [-0.15, -0.1) is 13.2 Å². The fraction of sp³-hybridized carbons (Fsp3) is 0.0588. The van der Waals surface area contributed by atoms with Gasteiger partial charge in [-0.3, -0.25) is 0 Å². The minimum absolute atomic E-state index is 0.152. The molecule has 0 amide bonds. The highest BCUT2D eigenvalue weighted by Gasteiger charge is 2.30. The molecule has 0 unspecified atom stereocenters. The Morgan fingerprint density at radius 2 is 1.80 bits per heavy atom. The number of ether oxygens (including phenoxy) is 1. The summed E-state index contributed by atoms with van der Waals surface area (Å²) in [6.45, 7) is 0. The van der Waals surface area contributed by atoms with Crippen LogP contribution in [0, 0.1) is 0 Å². The number of rotatable bonds is 4. The van der Waals surface area contributed by atoms with Crippen LogP contribution < -0.4 is 4.74 Å². The van der Waals surface area contributed by atoms with E-state index in [1.54, 1.807) is 24.5 Å². The summed E-state index contributed by atoms with van der Waals surface area (Å²) in [4.78, 5) is 11.0. The number of hydrogen-bond acceptors (Lipinski definition) is 3. The number of carboxylic acid groups (broad SMARTS) is 1. The quantitative estimate of drug-likeness (QED) is 0.770. The lowest BCUT2D eigenvalue weighted by atomic mass is 10.1. The van der Waals surface area contributed by atoms with Crippen molar-refractivity contribution in [3.8, 4) is 22.6 Å². The molecule has 0 aliphatic carbocycles. The van der Waals surface area contributed by atoms with E-state index in [0.29, 0.717) is 16.8 Å². The molecular formula is C17H11F3N2O3. The molecule has 1 N–H and O–H groups in total. The largest absolute Gasteiger partial charge is 0.573 e. The van der Waals surface area contributed by atoms with E-state index in [-0.39, 0.29) is 11.3 Å². The number of alkyl halides is 3. The average Bonchev–Trinajstić information content (AvgIpc) is 3.04. The maximum absolute atomic E-state index is 12.2. The maximum atomic E-state index is 12.2. The van der Waals surface area contributed by atoms with Crippen molar-refractivity contribution in [3.05, 3.63) is 66.5 Å². The Morgan fingerprint density at radius 3 is 2.44 bits per heavy atom. The third kappa shape index (κ3) is 3.97. The third-order valence-electron chi connectivity index (χ3n) is 3.36. The molecule has 0 fully saturated rings. The van der Waals surface area contributed by atoms with Crippen molar-refractivity contribution in [2.75, 3.05) is 0 Å². The molecular weight excluding hydrogens is 337 g/mol. The molecule has 0 saturated carbocycles. The van der Waals surface area contributed by atoms with Gasteiger partial charge in [-0.2, -0.15) is 5.10 Å². The zero-order valence-electron chi connectivity index (χ0n) is 12.6. The Balaban J connectivity index is 1.84. The number of carbonyl (C=O) groups is 1. The zero-order valence-corrected chi connectivity index (χ0v) is 12.6. The summed E-state index contributed by atoms with van der Waals surface area (Å²) < 4.78 is 41.8. The SMILES string of the molecule is O=C(O)c1cccc(-c2cnn(-c3ccc(OC(F)(F)F)cc3)c2)c1. The van der Waals surface area contributed by atoms with Crippen molar-refractivity contribution in [2.45, 2.75) is 6.36 Å². The van der Waals surface area contributed by atoms with Gasteiger partial charge in [0.25, 0.3) is 0 Å². The fourth-order valence-electron chi connectivity index (χ4n) is 2.25. The molecule has 0 aliphatic rings. The second kappa shape index (κ2) is 6.31. The van der Waals surface area contributed by atoms with E-state index in [4.69, 9.17) is 5.11 Å². The maximum Gasteiger partial charge on any atom is 0.573 e. The standard InChI is InChI=1S/C17H11F3N2O3/c18-17(19,20)25-15-6-4-14(5-7-15)22-10-13(9-21-22)11-2-1-3-12(8-11)16(23)24/h1-10H,(H,23,24). The smallest absolute Gasteiger partial charge is 0.478 e. The number of aromatic nitrogens is 2. The number of nitrogens with zero attached hydrogens (tertiary/aromatic N) is 2. The van der Waals surface area contributed by atoms with Crippen LogP contribution in [-0.2, 0) is 0 Å². The van der Waals surface area contributed by atoms with Crippen molar-refractivity contribution >= 4 is 5.97 Å². The van der Waals surface area contributed by atoms with Gasteiger partial charge in [0.2, 0.25) is 0 Å². The molecule has 2 aromatic carbocycles. The van der Waals surface area contributed by atoms with Crippen LogP contribution in [0.5, 0.6) is 5.75 Å². The van der Waals surface area contributed by atoms with Crippen molar-refractivity contribution in [2.24, 2.45) is 0 Å². The first-order valence-electron chi connectivity index (χ1n) is 7.06. The number of hydrogen-bond donors (Lipinski definition) is 1. The van der Waals surface area contributed by atoms with E-state index in [1.165, 1.54) is 41.1 Å². The molecule has 1 heterocycles. The predicted octanol–water partition coefficient (Wildman–Crippen LogP) is 4.14. The first-order chi connectivity index (χ1) is 11.8. The second-order valence-electron chi connectivity index (χ2n) is 5.10. The Bertz CT molecular complexity index is 902. The normalized spacial score (nSPS) is 11.3. The minimum Gasteiger partial charge on any atom is -0.478 e. The highest BCUT2D eigenvalue weighted by molar-refractivity contribution is 5.89. The molecule has 128 valence electrons. The summed E-state index contributed by atoms with van der Waals surface area (Å²) in [5, 5.41) is 13.2. The van der Waals surface area contributed by atoms with E-state index >= 15 is 0 Å². The average molecular weight is 348 g/mol. The lowest BCUT2D eigenvalue weighted by Gasteiger charge is -2.09. The lowest BCUT2D eigenvalue weighted by molar-refractivity contribution is -0.274. The van der Waals surface area contributed by atoms with E-state index < -0.39 is 12.3 Å². The summed E-state index contributed by atoms with van der Waals surface area (Å²) in [5.41, 5.74) is 2.04. The van der Waals surface area contributed by atoms with Gasteiger partial charge in [0.05, 0.1) is 17.4 Å². The number of halogens is 3. The Kier molecular flexibility index (Phi) is 4.18. The molecule has 0 spiro atoms. The van der Waals surface area contributed by atoms with Crippen LogP contribution in [0.2, 0.25) is 0 Å². The van der Waals surface area contributed by atoms with Crippen LogP contribution >= 0.6 is 0 Å². The predicted molar refractivity (Wildman–Crippen MR) is 82.6 cm³/mol. The van der Waals surface area contributed by atoms with Gasteiger partial charge >= 0.3 is 12.3 Å². The van der Waals surface area contributed by atoms with Gasteiger partial charge in [-0.1, -0.05) is 12.1 Å². The molecule has 0 atom stereocenters. The van der Waals surface area contributed by atoms with Crippen molar-refractivity contribution in [1.82, 2.24) is 9.78 Å². The van der Waals surface area contributed by atoms with Crippen LogP contribution in [0.4, 0.5) is 13.2 Å². The van der Waals surface area contributed by atoms with Crippen LogP contribution in [0.15, 0.2) is 60.9 Å². The number of aromatic carboxylic acids is 1. The van der Waals surface area contributed by atoms with Gasteiger partial charge in [-0.05, 0) is 42.0 Å². The molecule has 1 aromatic heterocycles. The van der Waals surface area contributed by atoms with Crippen LogP contribution in [0.3, 0.4) is 0 Å². The molecule has 0 bridgehead atoms. The van der Waals surface area contributed by atoms with E-state index in [1.807, 2.05) is 0 Å². The third-order valence-corrected chi connectivity index (χ3v) is 3.36. The molecule has 3 aromatic rings. The van der Waals surface area contributed by atoms with Gasteiger partial charge in [0, 0.05) is 11.8 Å². The summed E-state index contributed by atoms with van der Waals surface area (Å²) in [6, 6.07) is 11.6. The van der Waals surface area contributed by atoms with Crippen LogP contribution in [0.25, 0.3) is 16.8 Å². The summed E-state index contributed by atoms with van der Waals surface area (Å²) in [7, 11) is 0. The van der Waals surface area contributed by atoms with Gasteiger partial charge in [-0.25, -0.2) is 9.48 Å². The minimum atomic E-state index is -4.74. The van der Waals surface area contributed by atoms with Gasteiger partial charge in [0.1, 0.15) is 5.75 Å². The van der Waals surface area contributed by atoms with Crippen molar-refractivity contribution < 1.29 is 27.8 Å². The first kappa shape index (κ1) is 16.6. The first-order valence-corrected chi connectivity index (χ1v) is 7.06. The van der Waals surface area contributed by atoms with E-state index in [2.05, 4.69) is 9.84 Å². The molecule has 0 saturated heterocycles. The number of benzene rings is 2.